The number of likely N-dealkylation sites (tertiary alicyclic amines) is 1. The van der Waals surface area contributed by atoms with E-state index >= 15 is 0 Å². The number of aliphatic hydroxyl groups is 1. The van der Waals surface area contributed by atoms with Crippen molar-refractivity contribution in [1.82, 2.24) is 14.8 Å². The molecule has 3 rings (SSSR count). The number of ketones is 1. The van der Waals surface area contributed by atoms with Gasteiger partial charge in [-0.2, -0.15) is 0 Å². The molecule has 2 heterocycles. The number of hydrogen-bond acceptors (Lipinski definition) is 6. The summed E-state index contributed by atoms with van der Waals surface area (Å²) >= 11 is 0. The summed E-state index contributed by atoms with van der Waals surface area (Å²) in [6.07, 6.45) is 0.584. The molecule has 1 aliphatic heterocycles. The normalized spacial score (nSPS) is 17.6. The number of benzene rings is 1. The first kappa shape index (κ1) is 25.2. The van der Waals surface area contributed by atoms with Gasteiger partial charge in [-0.1, -0.05) is 12.1 Å². The van der Waals surface area contributed by atoms with Gasteiger partial charge in [0.25, 0.3) is 11.7 Å². The monoisotopic (exact) mass is 471 g/mol. The van der Waals surface area contributed by atoms with Crippen LogP contribution in [0.15, 0.2) is 29.8 Å². The number of carbonyl (C=O) groups excluding carboxylic acids is 3. The molecular weight excluding hydrogens is 441 g/mol. The van der Waals surface area contributed by atoms with Crippen molar-refractivity contribution >= 4 is 23.4 Å². The van der Waals surface area contributed by atoms with Crippen molar-refractivity contribution in [1.29, 1.82) is 0 Å². The van der Waals surface area contributed by atoms with Gasteiger partial charge in [-0.15, -0.1) is 0 Å². The molecule has 0 saturated carbocycles. The molecule has 0 unspecified atom stereocenters. The van der Waals surface area contributed by atoms with Crippen LogP contribution in [0.1, 0.15) is 52.3 Å². The third-order valence-electron chi connectivity index (χ3n) is 5.86. The molecule has 182 valence electrons. The molecule has 0 aliphatic carbocycles. The molecule has 1 amide bonds. The molecule has 0 radical (unpaired) electrons. The highest BCUT2D eigenvalue weighted by Crippen LogP contribution is 2.41. The van der Waals surface area contributed by atoms with E-state index in [0.29, 0.717) is 29.8 Å². The number of aromatic amines is 1. The largest absolute Gasteiger partial charge is 0.507 e. The number of carbonyl (C=O) groups is 3. The minimum atomic E-state index is -0.961. The van der Waals surface area contributed by atoms with Crippen LogP contribution in [-0.2, 0) is 14.3 Å². The Hall–Kier alpha value is -3.46. The standard InChI is InChI=1S/C25H30FN3O5/c1-6-34-25(33)20-14(2)18(15(3)27-20)22(30)19-21(16-9-7-10-17(26)13-16)29(24(32)23(19)31)12-8-11-28(4)5/h7,9-10,13,21,27,30H,6,8,11-12H2,1-5H3/b22-19+/t21-/m0/s1. The molecule has 0 spiro atoms. The summed E-state index contributed by atoms with van der Waals surface area (Å²) in [6, 6.07) is 4.68. The number of nitrogens with one attached hydrogen (secondary N) is 1. The fourth-order valence-electron chi connectivity index (χ4n) is 4.34. The van der Waals surface area contributed by atoms with Crippen LogP contribution in [-0.4, -0.2) is 71.3 Å². The molecule has 8 nitrogen and oxygen atoms in total. The number of hydrogen-bond donors (Lipinski definition) is 2. The second kappa shape index (κ2) is 10.2. The second-order valence-corrected chi connectivity index (χ2v) is 8.55. The number of amides is 1. The van der Waals surface area contributed by atoms with Crippen molar-refractivity contribution in [3.8, 4) is 0 Å². The molecule has 0 bridgehead atoms. The SMILES string of the molecule is CCOC(=O)c1[nH]c(C)c(/C(O)=C2\C(=O)C(=O)N(CCCN(C)C)[C@H]2c2cccc(F)c2)c1C. The predicted octanol–water partition coefficient (Wildman–Crippen LogP) is 3.32. The molecule has 1 atom stereocenters. The fourth-order valence-corrected chi connectivity index (χ4v) is 4.34. The first-order valence-electron chi connectivity index (χ1n) is 11.1. The van der Waals surface area contributed by atoms with Crippen molar-refractivity contribution in [2.75, 3.05) is 33.8 Å². The van der Waals surface area contributed by atoms with Gasteiger partial charge in [0.05, 0.1) is 18.2 Å². The number of ether oxygens (including phenoxy) is 1. The van der Waals surface area contributed by atoms with Gasteiger partial charge in [0, 0.05) is 17.8 Å². The maximum absolute atomic E-state index is 14.1. The van der Waals surface area contributed by atoms with E-state index in [1.807, 2.05) is 19.0 Å². The molecule has 9 heteroatoms. The number of H-pyrrole nitrogens is 1. The van der Waals surface area contributed by atoms with E-state index in [0.717, 1.165) is 0 Å². The van der Waals surface area contributed by atoms with E-state index in [-0.39, 0.29) is 30.0 Å². The molecule has 2 aromatic rings. The molecule has 1 aromatic heterocycles. The quantitative estimate of drug-likeness (QED) is 0.265. The third kappa shape index (κ3) is 4.75. The van der Waals surface area contributed by atoms with E-state index in [4.69, 9.17) is 4.74 Å². The van der Waals surface area contributed by atoms with E-state index in [1.165, 1.54) is 23.1 Å². The summed E-state index contributed by atoms with van der Waals surface area (Å²) < 4.78 is 19.2. The van der Waals surface area contributed by atoms with E-state index in [1.54, 1.807) is 26.8 Å². The Morgan fingerprint density at radius 3 is 2.59 bits per heavy atom. The zero-order valence-corrected chi connectivity index (χ0v) is 20.1. The van der Waals surface area contributed by atoms with Crippen LogP contribution < -0.4 is 0 Å². The second-order valence-electron chi connectivity index (χ2n) is 8.55. The Morgan fingerprint density at radius 2 is 1.97 bits per heavy atom. The highest BCUT2D eigenvalue weighted by molar-refractivity contribution is 6.46. The van der Waals surface area contributed by atoms with Crippen LogP contribution in [0.2, 0.25) is 0 Å². The van der Waals surface area contributed by atoms with Crippen molar-refractivity contribution in [2.24, 2.45) is 0 Å². The number of rotatable bonds is 8. The maximum Gasteiger partial charge on any atom is 0.355 e. The smallest absolute Gasteiger partial charge is 0.355 e. The van der Waals surface area contributed by atoms with Gasteiger partial charge in [-0.25, -0.2) is 9.18 Å². The molecule has 1 saturated heterocycles. The highest BCUT2D eigenvalue weighted by Gasteiger charge is 2.46. The van der Waals surface area contributed by atoms with Crippen molar-refractivity contribution < 1.29 is 28.6 Å². The van der Waals surface area contributed by atoms with Crippen LogP contribution in [0.4, 0.5) is 4.39 Å². The number of esters is 1. The van der Waals surface area contributed by atoms with Gasteiger partial charge in [0.1, 0.15) is 17.3 Å². The van der Waals surface area contributed by atoms with Gasteiger partial charge < -0.3 is 24.6 Å². The lowest BCUT2D eigenvalue weighted by atomic mass is 9.94. The highest BCUT2D eigenvalue weighted by atomic mass is 19.1. The minimum absolute atomic E-state index is 0.138. The number of aryl methyl sites for hydroxylation is 1. The molecule has 1 fully saturated rings. The average molecular weight is 472 g/mol. The Bertz CT molecular complexity index is 1150. The van der Waals surface area contributed by atoms with Crippen LogP contribution >= 0.6 is 0 Å². The fraction of sp³-hybridized carbons (Fsp3) is 0.400. The summed E-state index contributed by atoms with van der Waals surface area (Å²) in [6.45, 7) is 6.05. The molecule has 34 heavy (non-hydrogen) atoms. The first-order chi connectivity index (χ1) is 16.1. The zero-order chi connectivity index (χ0) is 25.2. The summed E-state index contributed by atoms with van der Waals surface area (Å²) in [7, 11) is 3.80. The summed E-state index contributed by atoms with van der Waals surface area (Å²) in [4.78, 5) is 44.7. The lowest BCUT2D eigenvalue weighted by Crippen LogP contribution is -2.32. The lowest BCUT2D eigenvalue weighted by Gasteiger charge is -2.26. The van der Waals surface area contributed by atoms with Crippen molar-refractivity contribution in [2.45, 2.75) is 33.2 Å². The van der Waals surface area contributed by atoms with Gasteiger partial charge in [-0.05, 0) is 71.1 Å². The predicted molar refractivity (Wildman–Crippen MR) is 125 cm³/mol. The summed E-state index contributed by atoms with van der Waals surface area (Å²) in [5, 5.41) is 11.3. The number of Topliss-reactive ketones (excluding diaryl/α,β-unsaturated/α-hetero) is 1. The molecule has 1 aliphatic rings. The topological polar surface area (TPSA) is 103 Å². The number of nitrogens with zero attached hydrogens (tertiary/aromatic N) is 2. The number of aliphatic hydroxyl groups excluding tert-OH is 1. The van der Waals surface area contributed by atoms with Gasteiger partial charge >= 0.3 is 5.97 Å². The molecular formula is C25H30FN3O5. The minimum Gasteiger partial charge on any atom is -0.507 e. The number of halogens is 1. The average Bonchev–Trinajstić information content (AvgIpc) is 3.21. The lowest BCUT2D eigenvalue weighted by molar-refractivity contribution is -0.139. The first-order valence-corrected chi connectivity index (χ1v) is 11.1. The van der Waals surface area contributed by atoms with Gasteiger partial charge in [-0.3, -0.25) is 9.59 Å². The third-order valence-corrected chi connectivity index (χ3v) is 5.86. The Kier molecular flexibility index (Phi) is 7.56. The van der Waals surface area contributed by atoms with Crippen molar-refractivity contribution in [3.63, 3.8) is 0 Å². The summed E-state index contributed by atoms with van der Waals surface area (Å²) in [5.41, 5.74) is 1.47. The van der Waals surface area contributed by atoms with E-state index < -0.39 is 35.3 Å². The van der Waals surface area contributed by atoms with Crippen LogP contribution in [0.3, 0.4) is 0 Å². The van der Waals surface area contributed by atoms with Crippen LogP contribution in [0.5, 0.6) is 0 Å². The van der Waals surface area contributed by atoms with E-state index in [9.17, 15) is 23.9 Å². The molecule has 2 N–H and O–H groups in total. The summed E-state index contributed by atoms with van der Waals surface area (Å²) in [5.74, 6) is -3.13. The Balaban J connectivity index is 2.16. The Morgan fingerprint density at radius 1 is 1.26 bits per heavy atom. The maximum atomic E-state index is 14.1. The number of aromatic nitrogens is 1. The van der Waals surface area contributed by atoms with E-state index in [2.05, 4.69) is 4.98 Å². The van der Waals surface area contributed by atoms with Gasteiger partial charge in [0.15, 0.2) is 0 Å². The van der Waals surface area contributed by atoms with Gasteiger partial charge in [0.2, 0.25) is 0 Å². The Labute approximate surface area is 198 Å². The van der Waals surface area contributed by atoms with Crippen LogP contribution in [0, 0.1) is 19.7 Å². The molecule has 1 aromatic carbocycles. The van der Waals surface area contributed by atoms with Crippen molar-refractivity contribution in [3.05, 3.63) is 63.7 Å². The van der Waals surface area contributed by atoms with Crippen LogP contribution in [0.25, 0.3) is 5.76 Å². The zero-order valence-electron chi connectivity index (χ0n) is 20.1.